The van der Waals surface area contributed by atoms with Crippen molar-refractivity contribution in [1.82, 2.24) is 19.4 Å². The number of rotatable bonds is 7. The van der Waals surface area contributed by atoms with Gasteiger partial charge in [0.15, 0.2) is 0 Å². The van der Waals surface area contributed by atoms with Crippen LogP contribution in [0.4, 0.5) is 17.6 Å². The predicted octanol–water partition coefficient (Wildman–Crippen LogP) is 3.51. The molecule has 1 saturated heterocycles. The van der Waals surface area contributed by atoms with Crippen molar-refractivity contribution in [3.05, 3.63) is 71.7 Å². The number of benzene rings is 2. The van der Waals surface area contributed by atoms with Gasteiger partial charge in [0.05, 0.1) is 28.8 Å². The first-order valence-electron chi connectivity index (χ1n) is 10.9. The van der Waals surface area contributed by atoms with Gasteiger partial charge < -0.3 is 10.1 Å². The number of aromatic nitrogens is 2. The molecule has 36 heavy (non-hydrogen) atoms. The zero-order chi connectivity index (χ0) is 26.1. The molecule has 1 aromatic heterocycles. The number of halogens is 4. The van der Waals surface area contributed by atoms with Crippen LogP contribution in [0.5, 0.6) is 5.88 Å². The third-order valence-electron chi connectivity index (χ3n) is 5.78. The molecular weight excluding hydrogens is 504 g/mol. The molecule has 2 heterocycles. The Balaban J connectivity index is 1.47. The first-order chi connectivity index (χ1) is 17.0. The van der Waals surface area contributed by atoms with E-state index in [1.54, 1.807) is 0 Å². The number of amides is 1. The van der Waals surface area contributed by atoms with Crippen molar-refractivity contribution in [3.8, 4) is 11.6 Å². The molecular formula is C23H22F4N4O4S. The van der Waals surface area contributed by atoms with Crippen molar-refractivity contribution in [2.45, 2.75) is 36.5 Å². The second-order valence-electron chi connectivity index (χ2n) is 8.10. The second kappa shape index (κ2) is 9.90. The van der Waals surface area contributed by atoms with Gasteiger partial charge >= 0.3 is 6.18 Å². The van der Waals surface area contributed by atoms with Gasteiger partial charge in [0.25, 0.3) is 0 Å². The van der Waals surface area contributed by atoms with Crippen molar-refractivity contribution >= 4 is 15.9 Å². The minimum absolute atomic E-state index is 0.0520. The summed E-state index contributed by atoms with van der Waals surface area (Å²) in [4.78, 5) is 12.8. The highest BCUT2D eigenvalue weighted by Crippen LogP contribution is 2.30. The third-order valence-corrected chi connectivity index (χ3v) is 7.71. The van der Waals surface area contributed by atoms with E-state index in [0.717, 1.165) is 40.7 Å². The van der Waals surface area contributed by atoms with Gasteiger partial charge in [-0.25, -0.2) is 17.5 Å². The van der Waals surface area contributed by atoms with Crippen LogP contribution in [0.3, 0.4) is 0 Å². The van der Waals surface area contributed by atoms with Crippen molar-refractivity contribution in [1.29, 1.82) is 0 Å². The molecule has 4 rings (SSSR count). The lowest BCUT2D eigenvalue weighted by molar-refractivity contribution is -0.137. The lowest BCUT2D eigenvalue weighted by Crippen LogP contribution is -2.45. The first kappa shape index (κ1) is 25.6. The summed E-state index contributed by atoms with van der Waals surface area (Å²) in [5.41, 5.74) is -0.00233. The van der Waals surface area contributed by atoms with Gasteiger partial charge in [-0.3, -0.25) is 4.79 Å². The zero-order valence-corrected chi connectivity index (χ0v) is 19.8. The van der Waals surface area contributed by atoms with Gasteiger partial charge in [0.2, 0.25) is 21.8 Å². The van der Waals surface area contributed by atoms with Crippen molar-refractivity contribution in [3.63, 3.8) is 0 Å². The van der Waals surface area contributed by atoms with E-state index >= 15 is 0 Å². The van der Waals surface area contributed by atoms with Crippen LogP contribution in [0, 0.1) is 5.82 Å². The number of sulfonamides is 1. The number of carbonyl (C=O) groups excluding carboxylic acids is 1. The van der Waals surface area contributed by atoms with Gasteiger partial charge in [0, 0.05) is 19.3 Å². The van der Waals surface area contributed by atoms with Gasteiger partial charge in [-0.15, -0.1) is 5.10 Å². The van der Waals surface area contributed by atoms with Crippen LogP contribution in [0.15, 0.2) is 59.6 Å². The van der Waals surface area contributed by atoms with Crippen molar-refractivity contribution in [2.24, 2.45) is 0 Å². The Morgan fingerprint density at radius 1 is 1.14 bits per heavy atom. The second-order valence-corrected chi connectivity index (χ2v) is 9.99. The van der Waals surface area contributed by atoms with Crippen LogP contribution >= 0.6 is 0 Å². The molecule has 1 amide bonds. The molecule has 1 fully saturated rings. The topological polar surface area (TPSA) is 93.5 Å². The monoisotopic (exact) mass is 526 g/mol. The highest BCUT2D eigenvalue weighted by molar-refractivity contribution is 7.89. The summed E-state index contributed by atoms with van der Waals surface area (Å²) in [6, 6.07) is 7.81. The Morgan fingerprint density at radius 3 is 2.42 bits per heavy atom. The van der Waals surface area contributed by atoms with E-state index in [2.05, 4.69) is 10.4 Å². The Labute approximate surface area is 204 Å². The molecule has 0 spiro atoms. The summed E-state index contributed by atoms with van der Waals surface area (Å²) in [5, 5.41) is 6.88. The molecule has 1 aliphatic rings. The molecule has 0 saturated carbocycles. The summed E-state index contributed by atoms with van der Waals surface area (Å²) in [6.07, 6.45) is -2.17. The van der Waals surface area contributed by atoms with Crippen molar-refractivity contribution in [2.75, 3.05) is 13.7 Å². The Hall–Kier alpha value is -3.45. The molecule has 1 N–H and O–H groups in total. The third kappa shape index (κ3) is 5.21. The number of hydrogen-bond acceptors (Lipinski definition) is 5. The number of carbonyl (C=O) groups is 1. The van der Waals surface area contributed by atoms with Crippen LogP contribution in [0.1, 0.15) is 24.0 Å². The Bertz CT molecular complexity index is 1340. The summed E-state index contributed by atoms with van der Waals surface area (Å²) in [6.45, 7) is 0.0938. The van der Waals surface area contributed by atoms with E-state index < -0.39 is 39.5 Å². The van der Waals surface area contributed by atoms with E-state index in [0.29, 0.717) is 24.1 Å². The van der Waals surface area contributed by atoms with Crippen LogP contribution in [0.2, 0.25) is 0 Å². The van der Waals surface area contributed by atoms with E-state index in [1.807, 2.05) is 0 Å². The molecule has 1 aliphatic heterocycles. The standard InChI is InChI=1S/C23H22F4N4O4S/c1-35-22-15(14-30(29-22)18-8-4-16(5-9-18)23(25,26)27)13-28-21(32)20-3-2-12-31(20)36(33,34)19-10-6-17(24)7-11-19/h4-11,14,20H,2-3,12-13H2,1H3,(H,28,32)/t20-/m0/s1. The van der Waals surface area contributed by atoms with E-state index in [-0.39, 0.29) is 23.9 Å². The average Bonchev–Trinajstić information content (AvgIpc) is 3.50. The molecule has 0 bridgehead atoms. The number of hydrogen-bond donors (Lipinski definition) is 1. The van der Waals surface area contributed by atoms with Crippen molar-refractivity contribution < 1.29 is 35.5 Å². The lowest BCUT2D eigenvalue weighted by Gasteiger charge is -2.23. The normalized spacial score (nSPS) is 16.8. The number of nitrogens with one attached hydrogen (secondary N) is 1. The maximum absolute atomic E-state index is 13.2. The summed E-state index contributed by atoms with van der Waals surface area (Å²) in [7, 11) is -2.65. The van der Waals surface area contributed by atoms with E-state index in [1.165, 1.54) is 30.1 Å². The minimum atomic E-state index is -4.46. The fourth-order valence-corrected chi connectivity index (χ4v) is 5.61. The maximum Gasteiger partial charge on any atom is 0.416 e. The summed E-state index contributed by atoms with van der Waals surface area (Å²) >= 11 is 0. The van der Waals surface area contributed by atoms with Crippen LogP contribution in [0.25, 0.3) is 5.69 Å². The SMILES string of the molecule is COc1nn(-c2ccc(C(F)(F)F)cc2)cc1CNC(=O)[C@@H]1CCCN1S(=O)(=O)c1ccc(F)cc1. The quantitative estimate of drug-likeness (QED) is 0.476. The lowest BCUT2D eigenvalue weighted by atomic mass is 10.2. The van der Waals surface area contributed by atoms with Gasteiger partial charge in [0.1, 0.15) is 11.9 Å². The maximum atomic E-state index is 13.2. The van der Waals surface area contributed by atoms with Gasteiger partial charge in [-0.05, 0) is 61.4 Å². The van der Waals surface area contributed by atoms with Gasteiger partial charge in [-0.2, -0.15) is 17.5 Å². The van der Waals surface area contributed by atoms with Gasteiger partial charge in [-0.1, -0.05) is 0 Å². The van der Waals surface area contributed by atoms with E-state index in [4.69, 9.17) is 4.74 Å². The molecule has 8 nitrogen and oxygen atoms in total. The molecule has 192 valence electrons. The number of methoxy groups -OCH3 is 1. The smallest absolute Gasteiger partial charge is 0.416 e. The van der Waals surface area contributed by atoms with E-state index in [9.17, 15) is 30.8 Å². The summed E-state index contributed by atoms with van der Waals surface area (Å²) < 4.78 is 85.3. The van der Waals surface area contributed by atoms with Crippen LogP contribution in [-0.4, -0.2) is 48.1 Å². The van der Waals surface area contributed by atoms with Crippen LogP contribution in [-0.2, 0) is 27.5 Å². The molecule has 0 aliphatic carbocycles. The van der Waals surface area contributed by atoms with Crippen LogP contribution < -0.4 is 10.1 Å². The summed E-state index contributed by atoms with van der Waals surface area (Å²) in [5.74, 6) is -0.949. The molecule has 3 aromatic rings. The Kier molecular flexibility index (Phi) is 7.05. The fraction of sp³-hybridized carbons (Fsp3) is 0.304. The highest BCUT2D eigenvalue weighted by atomic mass is 32.2. The molecule has 0 unspecified atom stereocenters. The number of ether oxygens (including phenoxy) is 1. The highest BCUT2D eigenvalue weighted by Gasteiger charge is 2.39. The number of alkyl halides is 3. The molecule has 0 radical (unpaired) electrons. The fourth-order valence-electron chi connectivity index (χ4n) is 3.95. The molecule has 1 atom stereocenters. The minimum Gasteiger partial charge on any atom is -0.480 e. The number of nitrogens with zero attached hydrogens (tertiary/aromatic N) is 3. The first-order valence-corrected chi connectivity index (χ1v) is 12.3. The largest absolute Gasteiger partial charge is 0.480 e. The molecule has 2 aromatic carbocycles. The predicted molar refractivity (Wildman–Crippen MR) is 120 cm³/mol. The Morgan fingerprint density at radius 2 is 1.81 bits per heavy atom. The average molecular weight is 527 g/mol. The zero-order valence-electron chi connectivity index (χ0n) is 19.0. The molecule has 13 heteroatoms.